The molecule has 0 unspecified atom stereocenters. The molecule has 0 aliphatic carbocycles. The molecule has 0 aliphatic rings. The Kier molecular flexibility index (Phi) is 2.67. The summed E-state index contributed by atoms with van der Waals surface area (Å²) in [5, 5.41) is 7.78. The van der Waals surface area contributed by atoms with Gasteiger partial charge in [0.2, 0.25) is 0 Å². The molecule has 0 saturated heterocycles. The highest BCUT2D eigenvalue weighted by Crippen LogP contribution is 2.18. The standard InChI is InChI=1S/C12H14N4O/c1-7-5-4-6-10(8(7)2)16-9(3)11(12(13)17)14-15-16/h4-6H,1-3H3,(H2,13,17). The lowest BCUT2D eigenvalue weighted by Crippen LogP contribution is -2.13. The van der Waals surface area contributed by atoms with Crippen LogP contribution in [0.3, 0.4) is 0 Å². The van der Waals surface area contributed by atoms with Crippen LogP contribution in [0.2, 0.25) is 0 Å². The fraction of sp³-hybridized carbons (Fsp3) is 0.250. The molecule has 5 nitrogen and oxygen atoms in total. The summed E-state index contributed by atoms with van der Waals surface area (Å²) < 4.78 is 1.64. The number of benzene rings is 1. The summed E-state index contributed by atoms with van der Waals surface area (Å²) in [6.07, 6.45) is 0. The minimum atomic E-state index is -0.556. The van der Waals surface area contributed by atoms with E-state index < -0.39 is 5.91 Å². The number of carbonyl (C=O) groups is 1. The van der Waals surface area contributed by atoms with Crippen molar-refractivity contribution in [2.45, 2.75) is 20.8 Å². The van der Waals surface area contributed by atoms with Crippen molar-refractivity contribution >= 4 is 5.91 Å². The average Bonchev–Trinajstić information content (AvgIpc) is 2.64. The Morgan fingerprint density at radius 3 is 2.59 bits per heavy atom. The van der Waals surface area contributed by atoms with Gasteiger partial charge in [0, 0.05) is 0 Å². The van der Waals surface area contributed by atoms with Crippen LogP contribution in [0.15, 0.2) is 18.2 Å². The van der Waals surface area contributed by atoms with E-state index >= 15 is 0 Å². The Labute approximate surface area is 99.2 Å². The maximum absolute atomic E-state index is 11.1. The van der Waals surface area contributed by atoms with Gasteiger partial charge in [0.15, 0.2) is 5.69 Å². The van der Waals surface area contributed by atoms with Gasteiger partial charge >= 0.3 is 0 Å². The molecular formula is C12H14N4O. The number of nitrogens with zero attached hydrogens (tertiary/aromatic N) is 3. The number of primary amides is 1. The van der Waals surface area contributed by atoms with E-state index in [0.717, 1.165) is 16.8 Å². The Hall–Kier alpha value is -2.17. The van der Waals surface area contributed by atoms with E-state index in [2.05, 4.69) is 10.3 Å². The lowest BCUT2D eigenvalue weighted by Gasteiger charge is -2.09. The molecule has 1 amide bonds. The van der Waals surface area contributed by atoms with Crippen molar-refractivity contribution in [1.82, 2.24) is 15.0 Å². The highest BCUT2D eigenvalue weighted by atomic mass is 16.1. The molecule has 1 aromatic heterocycles. The zero-order valence-corrected chi connectivity index (χ0v) is 10.1. The molecule has 0 spiro atoms. The number of aromatic nitrogens is 3. The van der Waals surface area contributed by atoms with Crippen molar-refractivity contribution in [3.05, 3.63) is 40.7 Å². The second-order valence-corrected chi connectivity index (χ2v) is 4.02. The van der Waals surface area contributed by atoms with Crippen molar-refractivity contribution in [3.63, 3.8) is 0 Å². The van der Waals surface area contributed by atoms with Crippen LogP contribution >= 0.6 is 0 Å². The molecule has 88 valence electrons. The fourth-order valence-corrected chi connectivity index (χ4v) is 1.75. The van der Waals surface area contributed by atoms with Crippen LogP contribution in [-0.2, 0) is 0 Å². The van der Waals surface area contributed by atoms with Crippen molar-refractivity contribution in [2.75, 3.05) is 0 Å². The molecule has 2 rings (SSSR count). The van der Waals surface area contributed by atoms with Crippen molar-refractivity contribution in [3.8, 4) is 5.69 Å². The maximum Gasteiger partial charge on any atom is 0.271 e. The van der Waals surface area contributed by atoms with Crippen molar-refractivity contribution in [2.24, 2.45) is 5.73 Å². The predicted octanol–water partition coefficient (Wildman–Crippen LogP) is 1.29. The summed E-state index contributed by atoms with van der Waals surface area (Å²) in [7, 11) is 0. The van der Waals surface area contributed by atoms with E-state index in [1.807, 2.05) is 32.0 Å². The molecule has 17 heavy (non-hydrogen) atoms. The SMILES string of the molecule is Cc1cccc(-n2nnc(C(N)=O)c2C)c1C. The van der Waals surface area contributed by atoms with Crippen LogP contribution in [0.25, 0.3) is 5.69 Å². The zero-order chi connectivity index (χ0) is 12.6. The third kappa shape index (κ3) is 1.80. The zero-order valence-electron chi connectivity index (χ0n) is 10.1. The maximum atomic E-state index is 11.1. The van der Waals surface area contributed by atoms with Crippen LogP contribution in [0.4, 0.5) is 0 Å². The first kappa shape index (κ1) is 11.3. The highest BCUT2D eigenvalue weighted by molar-refractivity contribution is 5.91. The molecule has 0 saturated carbocycles. The minimum absolute atomic E-state index is 0.214. The molecule has 1 heterocycles. The van der Waals surface area contributed by atoms with Gasteiger partial charge in [0.05, 0.1) is 11.4 Å². The van der Waals surface area contributed by atoms with Gasteiger partial charge in [-0.2, -0.15) is 0 Å². The predicted molar refractivity (Wildman–Crippen MR) is 64.1 cm³/mol. The Bertz CT molecular complexity index is 586. The van der Waals surface area contributed by atoms with Gasteiger partial charge in [-0.1, -0.05) is 17.3 Å². The van der Waals surface area contributed by atoms with E-state index in [0.29, 0.717) is 5.69 Å². The summed E-state index contributed by atoms with van der Waals surface area (Å²) in [5.74, 6) is -0.556. The molecule has 5 heteroatoms. The van der Waals surface area contributed by atoms with Crippen LogP contribution in [0.5, 0.6) is 0 Å². The van der Waals surface area contributed by atoms with E-state index in [1.54, 1.807) is 11.6 Å². The van der Waals surface area contributed by atoms with Gasteiger partial charge in [-0.05, 0) is 38.0 Å². The second-order valence-electron chi connectivity index (χ2n) is 4.02. The van der Waals surface area contributed by atoms with Crippen molar-refractivity contribution in [1.29, 1.82) is 0 Å². The fourth-order valence-electron chi connectivity index (χ4n) is 1.75. The highest BCUT2D eigenvalue weighted by Gasteiger charge is 2.15. The quantitative estimate of drug-likeness (QED) is 0.844. The Morgan fingerprint density at radius 1 is 1.29 bits per heavy atom. The molecule has 0 aliphatic heterocycles. The van der Waals surface area contributed by atoms with E-state index in [-0.39, 0.29) is 5.69 Å². The van der Waals surface area contributed by atoms with Crippen LogP contribution in [-0.4, -0.2) is 20.9 Å². The van der Waals surface area contributed by atoms with E-state index in [1.165, 1.54) is 0 Å². The number of aryl methyl sites for hydroxylation is 1. The summed E-state index contributed by atoms with van der Waals surface area (Å²) in [6.45, 7) is 5.82. The molecule has 0 bridgehead atoms. The topological polar surface area (TPSA) is 73.8 Å². The summed E-state index contributed by atoms with van der Waals surface area (Å²) in [6, 6.07) is 5.91. The van der Waals surface area contributed by atoms with Crippen LogP contribution in [0.1, 0.15) is 27.3 Å². The second kappa shape index (κ2) is 4.01. The third-order valence-electron chi connectivity index (χ3n) is 2.93. The first-order valence-corrected chi connectivity index (χ1v) is 5.31. The summed E-state index contributed by atoms with van der Waals surface area (Å²) >= 11 is 0. The van der Waals surface area contributed by atoms with Gasteiger partial charge in [-0.3, -0.25) is 4.79 Å². The van der Waals surface area contributed by atoms with Crippen LogP contribution in [0, 0.1) is 20.8 Å². The average molecular weight is 230 g/mol. The minimum Gasteiger partial charge on any atom is -0.364 e. The van der Waals surface area contributed by atoms with Crippen LogP contribution < -0.4 is 5.73 Å². The van der Waals surface area contributed by atoms with E-state index in [4.69, 9.17) is 5.73 Å². The molecular weight excluding hydrogens is 216 g/mol. The molecule has 2 N–H and O–H groups in total. The van der Waals surface area contributed by atoms with Gasteiger partial charge in [-0.15, -0.1) is 5.10 Å². The van der Waals surface area contributed by atoms with Crippen molar-refractivity contribution < 1.29 is 4.79 Å². The van der Waals surface area contributed by atoms with E-state index in [9.17, 15) is 4.79 Å². The molecule has 0 radical (unpaired) electrons. The molecule has 0 atom stereocenters. The van der Waals surface area contributed by atoms with Gasteiger partial charge in [-0.25, -0.2) is 4.68 Å². The third-order valence-corrected chi connectivity index (χ3v) is 2.93. The monoisotopic (exact) mass is 230 g/mol. The molecule has 2 aromatic rings. The largest absolute Gasteiger partial charge is 0.364 e. The molecule has 1 aromatic carbocycles. The lowest BCUT2D eigenvalue weighted by atomic mass is 10.1. The van der Waals surface area contributed by atoms with Gasteiger partial charge in [0.25, 0.3) is 5.91 Å². The summed E-state index contributed by atoms with van der Waals surface area (Å²) in [4.78, 5) is 11.1. The smallest absolute Gasteiger partial charge is 0.271 e. The number of carbonyl (C=O) groups excluding carboxylic acids is 1. The Morgan fingerprint density at radius 2 is 2.00 bits per heavy atom. The normalized spacial score (nSPS) is 10.5. The summed E-state index contributed by atoms with van der Waals surface area (Å²) in [5.41, 5.74) is 9.28. The first-order valence-electron chi connectivity index (χ1n) is 5.31. The number of hydrogen-bond donors (Lipinski definition) is 1. The number of hydrogen-bond acceptors (Lipinski definition) is 3. The lowest BCUT2D eigenvalue weighted by molar-refractivity contribution is 0.0995. The number of nitrogens with two attached hydrogens (primary N) is 1. The first-order chi connectivity index (χ1) is 8.02. The number of amides is 1. The van der Waals surface area contributed by atoms with Gasteiger partial charge < -0.3 is 5.73 Å². The van der Waals surface area contributed by atoms with Gasteiger partial charge in [0.1, 0.15) is 0 Å². The molecule has 0 fully saturated rings. The Balaban J connectivity index is 2.62. The number of rotatable bonds is 2.